The number of carboxylic acids is 1. The van der Waals surface area contributed by atoms with Crippen LogP contribution in [0.3, 0.4) is 0 Å². The molecule has 0 aromatic heterocycles. The van der Waals surface area contributed by atoms with Crippen LogP contribution in [0.1, 0.15) is 36.3 Å². The molecule has 0 radical (unpaired) electrons. The summed E-state index contributed by atoms with van der Waals surface area (Å²) < 4.78 is 0. The summed E-state index contributed by atoms with van der Waals surface area (Å²) in [5.74, 6) is -0.822. The first-order valence-corrected chi connectivity index (χ1v) is 8.33. The molecule has 1 aliphatic carbocycles. The highest BCUT2D eigenvalue weighted by atomic mass is 16.4. The quantitative estimate of drug-likeness (QED) is 0.602. The average molecular weight is 336 g/mol. The van der Waals surface area contributed by atoms with E-state index >= 15 is 0 Å². The van der Waals surface area contributed by atoms with E-state index in [1.165, 1.54) is 5.56 Å². The van der Waals surface area contributed by atoms with Crippen molar-refractivity contribution in [3.8, 4) is 0 Å². The molecule has 1 saturated carbocycles. The Balaban J connectivity index is 1.65. The van der Waals surface area contributed by atoms with Crippen molar-refractivity contribution >= 4 is 17.6 Å². The minimum atomic E-state index is -0.888. The molecule has 0 unspecified atom stereocenters. The van der Waals surface area contributed by atoms with Crippen LogP contribution in [-0.4, -0.2) is 22.7 Å². The van der Waals surface area contributed by atoms with Gasteiger partial charge in [0.2, 0.25) is 5.91 Å². The van der Waals surface area contributed by atoms with Gasteiger partial charge in [-0.25, -0.2) is 5.43 Å². The third kappa shape index (κ3) is 4.53. The molecule has 0 bridgehead atoms. The fourth-order valence-corrected chi connectivity index (χ4v) is 2.88. The second kappa shape index (κ2) is 7.75. The summed E-state index contributed by atoms with van der Waals surface area (Å²) in [5.41, 5.74) is 5.19. The van der Waals surface area contributed by atoms with Gasteiger partial charge in [-0.3, -0.25) is 9.59 Å². The molecule has 0 heterocycles. The number of nitrogens with one attached hydrogen (secondary N) is 1. The molecule has 1 aliphatic rings. The van der Waals surface area contributed by atoms with E-state index < -0.39 is 5.97 Å². The minimum absolute atomic E-state index is 0.0281. The van der Waals surface area contributed by atoms with E-state index in [1.54, 1.807) is 0 Å². The number of hydrazone groups is 1. The summed E-state index contributed by atoms with van der Waals surface area (Å²) in [6, 6.07) is 19.3. The Labute approximate surface area is 146 Å². The van der Waals surface area contributed by atoms with Crippen molar-refractivity contribution < 1.29 is 14.7 Å². The van der Waals surface area contributed by atoms with Crippen LogP contribution >= 0.6 is 0 Å². The molecule has 128 valence electrons. The fourth-order valence-electron chi connectivity index (χ4n) is 2.88. The number of benzene rings is 2. The summed E-state index contributed by atoms with van der Waals surface area (Å²) in [5, 5.41) is 13.1. The van der Waals surface area contributed by atoms with Gasteiger partial charge >= 0.3 is 5.97 Å². The summed E-state index contributed by atoms with van der Waals surface area (Å²) in [6.07, 6.45) is 1.06. The third-order valence-electron chi connectivity index (χ3n) is 4.34. The first-order valence-electron chi connectivity index (χ1n) is 8.33. The van der Waals surface area contributed by atoms with E-state index in [4.69, 9.17) is 5.11 Å². The number of rotatable bonds is 7. The molecule has 5 heteroatoms. The molecule has 2 aromatic rings. The monoisotopic (exact) mass is 336 g/mol. The number of carboxylic acid groups (broad SMARTS) is 1. The number of aliphatic carboxylic acids is 1. The smallest absolute Gasteiger partial charge is 0.303 e. The number of carbonyl (C=O) groups is 2. The van der Waals surface area contributed by atoms with Crippen molar-refractivity contribution in [2.75, 3.05) is 0 Å². The second-order valence-corrected chi connectivity index (χ2v) is 6.15. The maximum absolute atomic E-state index is 12.3. The second-order valence-electron chi connectivity index (χ2n) is 6.15. The van der Waals surface area contributed by atoms with Crippen LogP contribution in [-0.2, 0) is 9.59 Å². The van der Waals surface area contributed by atoms with E-state index in [9.17, 15) is 9.59 Å². The SMILES string of the molecule is O=C(O)CC/C(=N\NC(=O)[C@H]1C[C@@H]1c1ccccc1)c1ccccc1. The number of amides is 1. The van der Waals surface area contributed by atoms with E-state index in [2.05, 4.69) is 10.5 Å². The van der Waals surface area contributed by atoms with Gasteiger partial charge in [0.05, 0.1) is 12.1 Å². The Morgan fingerprint density at radius 1 is 1.00 bits per heavy atom. The summed E-state index contributed by atoms with van der Waals surface area (Å²) in [7, 11) is 0. The molecule has 1 amide bonds. The van der Waals surface area contributed by atoms with Crippen LogP contribution in [0, 0.1) is 5.92 Å². The van der Waals surface area contributed by atoms with Crippen molar-refractivity contribution in [1.82, 2.24) is 5.43 Å². The zero-order valence-corrected chi connectivity index (χ0v) is 13.8. The lowest BCUT2D eigenvalue weighted by Crippen LogP contribution is -2.22. The van der Waals surface area contributed by atoms with Crippen LogP contribution in [0.4, 0.5) is 0 Å². The van der Waals surface area contributed by atoms with Crippen LogP contribution in [0.5, 0.6) is 0 Å². The highest BCUT2D eigenvalue weighted by Crippen LogP contribution is 2.47. The third-order valence-corrected chi connectivity index (χ3v) is 4.34. The number of carbonyl (C=O) groups excluding carboxylic acids is 1. The first kappa shape index (κ1) is 16.9. The molecular formula is C20H20N2O3. The van der Waals surface area contributed by atoms with Gasteiger partial charge in [-0.1, -0.05) is 60.7 Å². The Morgan fingerprint density at radius 3 is 2.28 bits per heavy atom. The fraction of sp³-hybridized carbons (Fsp3) is 0.250. The van der Waals surface area contributed by atoms with Crippen molar-refractivity contribution in [1.29, 1.82) is 0 Å². The summed E-state index contributed by atoms with van der Waals surface area (Å²) in [6.45, 7) is 0. The van der Waals surface area contributed by atoms with Gasteiger partial charge < -0.3 is 5.11 Å². The van der Waals surface area contributed by atoms with Crippen molar-refractivity contribution in [3.63, 3.8) is 0 Å². The van der Waals surface area contributed by atoms with E-state index in [1.807, 2.05) is 60.7 Å². The van der Waals surface area contributed by atoms with Crippen LogP contribution in [0.25, 0.3) is 0 Å². The average Bonchev–Trinajstić information content (AvgIpc) is 3.44. The maximum atomic E-state index is 12.3. The van der Waals surface area contributed by atoms with Gasteiger partial charge in [0.1, 0.15) is 0 Å². The zero-order chi connectivity index (χ0) is 17.6. The topological polar surface area (TPSA) is 78.8 Å². The lowest BCUT2D eigenvalue weighted by molar-refractivity contribution is -0.136. The summed E-state index contributed by atoms with van der Waals surface area (Å²) in [4.78, 5) is 23.2. The number of hydrogen-bond acceptors (Lipinski definition) is 3. The Kier molecular flexibility index (Phi) is 5.23. The highest BCUT2D eigenvalue weighted by molar-refractivity contribution is 6.02. The Bertz CT molecular complexity index is 772. The first-order chi connectivity index (χ1) is 12.1. The van der Waals surface area contributed by atoms with Crippen LogP contribution in [0.2, 0.25) is 0 Å². The highest BCUT2D eigenvalue weighted by Gasteiger charge is 2.43. The minimum Gasteiger partial charge on any atom is -0.481 e. The number of nitrogens with zero attached hydrogens (tertiary/aromatic N) is 1. The van der Waals surface area contributed by atoms with Crippen molar-refractivity contribution in [3.05, 3.63) is 71.8 Å². The van der Waals surface area contributed by atoms with E-state index in [-0.39, 0.29) is 30.6 Å². The zero-order valence-electron chi connectivity index (χ0n) is 13.8. The summed E-state index contributed by atoms with van der Waals surface area (Å²) >= 11 is 0. The van der Waals surface area contributed by atoms with Gasteiger partial charge in [-0.2, -0.15) is 5.10 Å². The van der Waals surface area contributed by atoms with Gasteiger partial charge in [0.25, 0.3) is 0 Å². The standard InChI is InChI=1S/C20H20N2O3/c23-19(24)12-11-18(15-9-5-2-6-10-15)21-22-20(25)17-13-16(17)14-7-3-1-4-8-14/h1-10,16-17H,11-13H2,(H,22,25)(H,23,24)/b21-18+/t16-,17+/m1/s1. The predicted octanol–water partition coefficient (Wildman–Crippen LogP) is 3.18. The van der Waals surface area contributed by atoms with Crippen LogP contribution in [0.15, 0.2) is 65.8 Å². The van der Waals surface area contributed by atoms with Gasteiger partial charge in [-0.15, -0.1) is 0 Å². The largest absolute Gasteiger partial charge is 0.481 e. The normalized spacial score (nSPS) is 19.3. The molecular weight excluding hydrogens is 316 g/mol. The Hall–Kier alpha value is -2.95. The van der Waals surface area contributed by atoms with Crippen LogP contribution < -0.4 is 5.43 Å². The lowest BCUT2D eigenvalue weighted by Gasteiger charge is -2.06. The molecule has 2 atom stereocenters. The molecule has 0 spiro atoms. The molecule has 0 aliphatic heterocycles. The number of hydrogen-bond donors (Lipinski definition) is 2. The van der Waals surface area contributed by atoms with E-state index in [0.29, 0.717) is 5.71 Å². The van der Waals surface area contributed by atoms with E-state index in [0.717, 1.165) is 12.0 Å². The molecule has 2 N–H and O–H groups in total. The molecule has 1 fully saturated rings. The molecule has 25 heavy (non-hydrogen) atoms. The van der Waals surface area contributed by atoms with Gasteiger partial charge in [0, 0.05) is 12.3 Å². The molecule has 5 nitrogen and oxygen atoms in total. The maximum Gasteiger partial charge on any atom is 0.303 e. The molecule has 0 saturated heterocycles. The van der Waals surface area contributed by atoms with Crippen molar-refractivity contribution in [2.24, 2.45) is 11.0 Å². The molecule has 3 rings (SSSR count). The Morgan fingerprint density at radius 2 is 1.64 bits per heavy atom. The lowest BCUT2D eigenvalue weighted by atomic mass is 10.1. The van der Waals surface area contributed by atoms with Gasteiger partial charge in [-0.05, 0) is 23.5 Å². The predicted molar refractivity (Wildman–Crippen MR) is 95.3 cm³/mol. The van der Waals surface area contributed by atoms with Gasteiger partial charge in [0.15, 0.2) is 0 Å². The van der Waals surface area contributed by atoms with Crippen molar-refractivity contribution in [2.45, 2.75) is 25.2 Å². The molecule has 2 aromatic carbocycles.